The molecule has 2 rings (SSSR count). The molecule has 0 heterocycles. The van der Waals surface area contributed by atoms with E-state index in [1.54, 1.807) is 0 Å². The molecule has 0 atom stereocenters. The molecule has 0 saturated heterocycles. The number of rotatable bonds is 1. The zero-order valence-electron chi connectivity index (χ0n) is 7.23. The Hall–Kier alpha value is 0.200. The van der Waals surface area contributed by atoms with Crippen molar-refractivity contribution in [3.63, 3.8) is 0 Å². The van der Waals surface area contributed by atoms with Crippen LogP contribution in [0.4, 0.5) is 0 Å². The van der Waals surface area contributed by atoms with E-state index in [0.29, 0.717) is 3.42 Å². The van der Waals surface area contributed by atoms with Crippen LogP contribution in [-0.2, 0) is 9.53 Å². The Bertz CT molecular complexity index is 217. The van der Waals surface area contributed by atoms with Gasteiger partial charge in [0.2, 0.25) is 0 Å². The largest absolute Gasteiger partial charge is 0.469 e. The first-order valence-corrected chi connectivity index (χ1v) is 5.46. The molecule has 2 bridgehead atoms. The Morgan fingerprint density at radius 2 is 1.92 bits per heavy atom. The first kappa shape index (κ1) is 8.78. The molecule has 0 aromatic heterocycles. The van der Waals surface area contributed by atoms with Crippen LogP contribution in [-0.4, -0.2) is 16.5 Å². The van der Waals surface area contributed by atoms with Crippen molar-refractivity contribution < 1.29 is 9.53 Å². The van der Waals surface area contributed by atoms with Crippen molar-refractivity contribution in [3.05, 3.63) is 0 Å². The van der Waals surface area contributed by atoms with E-state index >= 15 is 0 Å². The number of carbonyl (C=O) groups excluding carboxylic acids is 1. The van der Waals surface area contributed by atoms with Gasteiger partial charge in [-0.1, -0.05) is 22.6 Å². The van der Waals surface area contributed by atoms with Gasteiger partial charge in [-0.2, -0.15) is 0 Å². The summed E-state index contributed by atoms with van der Waals surface area (Å²) < 4.78 is 5.28. The number of hydrogen-bond acceptors (Lipinski definition) is 2. The molecule has 2 aliphatic carbocycles. The van der Waals surface area contributed by atoms with Crippen LogP contribution in [0.25, 0.3) is 0 Å². The van der Waals surface area contributed by atoms with Gasteiger partial charge in [0, 0.05) is 3.42 Å². The van der Waals surface area contributed by atoms with E-state index in [1.807, 2.05) is 0 Å². The van der Waals surface area contributed by atoms with Crippen molar-refractivity contribution in [1.29, 1.82) is 0 Å². The third-order valence-electron chi connectivity index (χ3n) is 3.38. The van der Waals surface area contributed by atoms with Crippen LogP contribution in [0.1, 0.15) is 32.1 Å². The third-order valence-corrected chi connectivity index (χ3v) is 4.84. The molecule has 3 heteroatoms. The second-order valence-corrected chi connectivity index (χ2v) is 6.39. The fourth-order valence-electron chi connectivity index (χ4n) is 2.63. The summed E-state index contributed by atoms with van der Waals surface area (Å²) in [5.41, 5.74) is -0.0874. The maximum Gasteiger partial charge on any atom is 0.311 e. The Labute approximate surface area is 86.2 Å². The number of methoxy groups -OCH3 is 1. The zero-order valence-corrected chi connectivity index (χ0v) is 9.39. The van der Waals surface area contributed by atoms with Crippen LogP contribution in [0, 0.1) is 5.41 Å². The minimum atomic E-state index is -0.0874. The highest BCUT2D eigenvalue weighted by Gasteiger charge is 2.57. The molecule has 2 saturated carbocycles. The summed E-state index contributed by atoms with van der Waals surface area (Å²) in [6.07, 6.45) is 5.53. The summed E-state index contributed by atoms with van der Waals surface area (Å²) in [5, 5.41) is 0. The van der Waals surface area contributed by atoms with E-state index < -0.39 is 0 Å². The number of esters is 1. The van der Waals surface area contributed by atoms with Gasteiger partial charge in [0.25, 0.3) is 0 Å². The molecule has 0 aliphatic heterocycles. The Balaban J connectivity index is 2.20. The van der Waals surface area contributed by atoms with Crippen LogP contribution in [0.2, 0.25) is 0 Å². The maximum absolute atomic E-state index is 11.5. The van der Waals surface area contributed by atoms with Crippen molar-refractivity contribution in [1.82, 2.24) is 0 Å². The van der Waals surface area contributed by atoms with Crippen LogP contribution < -0.4 is 0 Å². The van der Waals surface area contributed by atoms with E-state index in [-0.39, 0.29) is 11.4 Å². The summed E-state index contributed by atoms with van der Waals surface area (Å²) in [6.45, 7) is 0. The van der Waals surface area contributed by atoms with Gasteiger partial charge in [-0.15, -0.1) is 0 Å². The molecule has 0 radical (unpaired) electrons. The summed E-state index contributed by atoms with van der Waals surface area (Å²) in [4.78, 5) is 11.5. The van der Waals surface area contributed by atoms with Gasteiger partial charge >= 0.3 is 5.97 Å². The normalized spacial score (nSPS) is 44.8. The Morgan fingerprint density at radius 1 is 1.33 bits per heavy atom. The lowest BCUT2D eigenvalue weighted by molar-refractivity contribution is -0.152. The van der Waals surface area contributed by atoms with E-state index in [9.17, 15) is 4.79 Å². The van der Waals surface area contributed by atoms with Gasteiger partial charge in [0.15, 0.2) is 0 Å². The van der Waals surface area contributed by atoms with E-state index in [1.165, 1.54) is 20.0 Å². The van der Waals surface area contributed by atoms with Gasteiger partial charge in [-0.25, -0.2) is 0 Å². The maximum atomic E-state index is 11.5. The van der Waals surface area contributed by atoms with E-state index in [0.717, 1.165) is 19.3 Å². The molecule has 0 spiro atoms. The molecule has 0 aromatic rings. The summed E-state index contributed by atoms with van der Waals surface area (Å²) in [6, 6.07) is 0. The lowest BCUT2D eigenvalue weighted by atomic mass is 9.84. The fraction of sp³-hybridized carbons (Fsp3) is 0.889. The van der Waals surface area contributed by atoms with E-state index in [4.69, 9.17) is 4.74 Å². The van der Waals surface area contributed by atoms with E-state index in [2.05, 4.69) is 22.6 Å². The van der Waals surface area contributed by atoms with Crippen molar-refractivity contribution >= 4 is 28.6 Å². The Kier molecular flexibility index (Phi) is 1.90. The molecule has 0 N–H and O–H groups in total. The molecule has 0 aromatic carbocycles. The highest BCUT2D eigenvalue weighted by atomic mass is 127. The van der Waals surface area contributed by atoms with Gasteiger partial charge in [-0.3, -0.25) is 4.79 Å². The smallest absolute Gasteiger partial charge is 0.311 e. The molecule has 12 heavy (non-hydrogen) atoms. The van der Waals surface area contributed by atoms with Crippen molar-refractivity contribution in [2.75, 3.05) is 7.11 Å². The SMILES string of the molecule is COC(=O)C12CCC(I)(CC1)C2. The number of hydrogen-bond donors (Lipinski definition) is 0. The number of fused-ring (bicyclic) bond motifs is 2. The predicted molar refractivity (Wildman–Crippen MR) is 54.3 cm³/mol. The number of halogens is 1. The lowest BCUT2D eigenvalue weighted by Gasteiger charge is -2.22. The van der Waals surface area contributed by atoms with Crippen molar-refractivity contribution in [2.45, 2.75) is 35.5 Å². The van der Waals surface area contributed by atoms with Gasteiger partial charge < -0.3 is 4.74 Å². The van der Waals surface area contributed by atoms with Gasteiger partial charge in [-0.05, 0) is 32.1 Å². The quantitative estimate of drug-likeness (QED) is 0.418. The summed E-state index contributed by atoms with van der Waals surface area (Å²) >= 11 is 2.52. The molecule has 0 unspecified atom stereocenters. The number of ether oxygens (including phenoxy) is 1. The molecule has 68 valence electrons. The van der Waals surface area contributed by atoms with Crippen molar-refractivity contribution in [2.24, 2.45) is 5.41 Å². The molecule has 2 nitrogen and oxygen atoms in total. The van der Waals surface area contributed by atoms with Crippen LogP contribution in [0.15, 0.2) is 0 Å². The highest BCUT2D eigenvalue weighted by molar-refractivity contribution is 14.1. The average molecular weight is 280 g/mol. The second kappa shape index (κ2) is 2.59. The second-order valence-electron chi connectivity index (χ2n) is 4.10. The summed E-state index contributed by atoms with van der Waals surface area (Å²) in [5.74, 6) is 0.0264. The minimum absolute atomic E-state index is 0.0264. The average Bonchev–Trinajstić information content (AvgIpc) is 2.57. The van der Waals surface area contributed by atoms with Gasteiger partial charge in [0.05, 0.1) is 12.5 Å². The van der Waals surface area contributed by atoms with Crippen LogP contribution in [0.5, 0.6) is 0 Å². The minimum Gasteiger partial charge on any atom is -0.469 e. The van der Waals surface area contributed by atoms with Crippen LogP contribution >= 0.6 is 22.6 Å². The molecular weight excluding hydrogens is 267 g/mol. The number of alkyl halides is 1. The predicted octanol–water partition coefficient (Wildman–Crippen LogP) is 2.30. The fourth-order valence-corrected chi connectivity index (χ4v) is 3.90. The molecule has 2 aliphatic rings. The lowest BCUT2D eigenvalue weighted by Crippen LogP contribution is -2.27. The molecule has 0 amide bonds. The standard InChI is InChI=1S/C9H13IO2/c1-12-7(11)8-2-4-9(10,6-8)5-3-8/h2-6H2,1H3. The number of carbonyl (C=O) groups is 1. The zero-order chi connectivity index (χ0) is 8.82. The molecular formula is C9H13IO2. The highest BCUT2D eigenvalue weighted by Crippen LogP contribution is 2.61. The summed E-state index contributed by atoms with van der Waals surface area (Å²) in [7, 11) is 1.50. The first-order chi connectivity index (χ1) is 5.60. The van der Waals surface area contributed by atoms with Crippen LogP contribution in [0.3, 0.4) is 0 Å². The monoisotopic (exact) mass is 280 g/mol. The Morgan fingerprint density at radius 3 is 2.25 bits per heavy atom. The van der Waals surface area contributed by atoms with Crippen molar-refractivity contribution in [3.8, 4) is 0 Å². The topological polar surface area (TPSA) is 26.3 Å². The van der Waals surface area contributed by atoms with Gasteiger partial charge in [0.1, 0.15) is 0 Å². The first-order valence-electron chi connectivity index (χ1n) is 4.38. The third kappa shape index (κ3) is 1.09. The molecule has 2 fully saturated rings.